The van der Waals surface area contributed by atoms with Gasteiger partial charge in [0.2, 0.25) is 5.91 Å². The van der Waals surface area contributed by atoms with Gasteiger partial charge in [-0.3, -0.25) is 9.59 Å². The number of anilines is 1. The summed E-state index contributed by atoms with van der Waals surface area (Å²) in [7, 11) is 2.00. The van der Waals surface area contributed by atoms with Crippen molar-refractivity contribution >= 4 is 28.8 Å². The molecule has 0 unspecified atom stereocenters. The number of carbonyl (C=O) groups is 2. The van der Waals surface area contributed by atoms with E-state index in [-0.39, 0.29) is 23.8 Å². The van der Waals surface area contributed by atoms with Gasteiger partial charge in [0, 0.05) is 47.2 Å². The lowest BCUT2D eigenvalue weighted by Gasteiger charge is -2.40. The van der Waals surface area contributed by atoms with Crippen molar-refractivity contribution in [2.45, 2.75) is 25.1 Å². The maximum absolute atomic E-state index is 13.9. The van der Waals surface area contributed by atoms with Gasteiger partial charge >= 0.3 is 6.18 Å². The summed E-state index contributed by atoms with van der Waals surface area (Å²) >= 11 is 0.598. The van der Waals surface area contributed by atoms with Gasteiger partial charge in [-0.25, -0.2) is 0 Å². The molecule has 1 saturated heterocycles. The molecular weight excluding hydrogens is 487 g/mol. The zero-order valence-corrected chi connectivity index (χ0v) is 20.5. The second kappa shape index (κ2) is 9.71. The number of thiophene rings is 1. The molecule has 0 bridgehead atoms. The monoisotopic (exact) mass is 513 g/mol. The molecule has 36 heavy (non-hydrogen) atoms. The van der Waals surface area contributed by atoms with Crippen molar-refractivity contribution in [3.63, 3.8) is 0 Å². The molecule has 5 nitrogen and oxygen atoms in total. The molecule has 0 radical (unpaired) electrons. The zero-order chi connectivity index (χ0) is 25.4. The minimum atomic E-state index is -4.47. The van der Waals surface area contributed by atoms with Crippen LogP contribution in [0.4, 0.5) is 18.9 Å². The fraction of sp³-hybridized carbons (Fsp3) is 0.333. The number of benzene rings is 2. The van der Waals surface area contributed by atoms with Crippen molar-refractivity contribution in [2.24, 2.45) is 5.92 Å². The third-order valence-corrected chi connectivity index (χ3v) is 7.81. The van der Waals surface area contributed by atoms with Crippen LogP contribution in [-0.4, -0.2) is 48.3 Å². The maximum Gasteiger partial charge on any atom is 0.425 e. The number of likely N-dealkylation sites (N-methyl/N-ethyl adjacent to an activating group) is 1. The van der Waals surface area contributed by atoms with E-state index in [0.29, 0.717) is 52.7 Å². The van der Waals surface area contributed by atoms with E-state index in [9.17, 15) is 22.8 Å². The first-order valence-corrected chi connectivity index (χ1v) is 12.7. The molecule has 188 valence electrons. The van der Waals surface area contributed by atoms with Gasteiger partial charge in [0.25, 0.3) is 5.91 Å². The molecule has 1 saturated carbocycles. The second-order valence-corrected chi connectivity index (χ2v) is 10.5. The number of rotatable bonds is 5. The Morgan fingerprint density at radius 2 is 1.75 bits per heavy atom. The maximum atomic E-state index is 13.9. The van der Waals surface area contributed by atoms with Crippen LogP contribution in [0, 0.1) is 5.92 Å². The predicted molar refractivity (Wildman–Crippen MR) is 134 cm³/mol. The Morgan fingerprint density at radius 1 is 1.00 bits per heavy atom. The molecule has 9 heteroatoms. The third kappa shape index (κ3) is 5.17. The van der Waals surface area contributed by atoms with Gasteiger partial charge in [-0.15, -0.1) is 11.3 Å². The first-order valence-electron chi connectivity index (χ1n) is 11.9. The molecule has 2 fully saturated rings. The molecule has 2 aliphatic rings. The largest absolute Gasteiger partial charge is 0.425 e. The van der Waals surface area contributed by atoms with Crippen LogP contribution in [0.25, 0.3) is 10.4 Å². The van der Waals surface area contributed by atoms with E-state index >= 15 is 0 Å². The lowest BCUT2D eigenvalue weighted by Crippen LogP contribution is -2.49. The lowest BCUT2D eigenvalue weighted by atomic mass is 9.98. The quantitative estimate of drug-likeness (QED) is 0.462. The minimum absolute atomic E-state index is 0.0229. The normalized spacial score (nSPS) is 18.8. The number of hydrogen-bond donors (Lipinski definition) is 1. The van der Waals surface area contributed by atoms with Gasteiger partial charge in [0.15, 0.2) is 0 Å². The Balaban J connectivity index is 1.53. The summed E-state index contributed by atoms with van der Waals surface area (Å²) in [4.78, 5) is 29.8. The zero-order valence-electron chi connectivity index (χ0n) is 19.7. The average molecular weight is 514 g/mol. The van der Waals surface area contributed by atoms with E-state index in [0.717, 1.165) is 24.5 Å². The van der Waals surface area contributed by atoms with Crippen LogP contribution in [0.15, 0.2) is 60.7 Å². The van der Waals surface area contributed by atoms with Crippen LogP contribution in [0.3, 0.4) is 0 Å². The van der Waals surface area contributed by atoms with Crippen LogP contribution in [-0.2, 0) is 11.0 Å². The summed E-state index contributed by atoms with van der Waals surface area (Å²) in [5.74, 6) is -0.371. The average Bonchev–Trinajstić information content (AvgIpc) is 3.59. The summed E-state index contributed by atoms with van der Waals surface area (Å²) in [5, 5.41) is 2.85. The fourth-order valence-corrected chi connectivity index (χ4v) is 5.42. The van der Waals surface area contributed by atoms with Crippen molar-refractivity contribution in [3.8, 4) is 10.4 Å². The molecule has 1 aromatic heterocycles. The Hall–Kier alpha value is -3.17. The summed E-state index contributed by atoms with van der Waals surface area (Å²) in [5.41, 5.74) is 2.18. The van der Waals surface area contributed by atoms with Gasteiger partial charge < -0.3 is 15.1 Å². The highest BCUT2D eigenvalue weighted by Crippen LogP contribution is 2.41. The van der Waals surface area contributed by atoms with Gasteiger partial charge in [-0.05, 0) is 55.8 Å². The standard InChI is InChI=1S/C27H26F3N3O2S/c1-32-13-14-33(22(16-32)17-5-3-2-4-6-17)26(35)20-10-9-19(31-25(34)18-7-8-18)15-21(20)23-11-12-24(36-23)27(28,29)30/h2-6,9-12,15,18,22H,7-8,13-14,16H2,1H3,(H,31,34)/t22-/m1/s1. The Bertz CT molecular complexity index is 1270. The second-order valence-electron chi connectivity index (χ2n) is 9.37. The van der Waals surface area contributed by atoms with Crippen molar-refractivity contribution in [3.05, 3.63) is 76.7 Å². The van der Waals surface area contributed by atoms with E-state index in [1.165, 1.54) is 6.07 Å². The van der Waals surface area contributed by atoms with Crippen LogP contribution >= 0.6 is 11.3 Å². The van der Waals surface area contributed by atoms with Gasteiger partial charge in [0.05, 0.1) is 6.04 Å². The number of piperazine rings is 1. The lowest BCUT2D eigenvalue weighted by molar-refractivity contribution is -0.134. The Kier molecular flexibility index (Phi) is 6.61. The molecule has 1 aliphatic heterocycles. The number of carbonyl (C=O) groups excluding carboxylic acids is 2. The van der Waals surface area contributed by atoms with Gasteiger partial charge in [0.1, 0.15) is 4.88 Å². The molecule has 5 rings (SSSR count). The van der Waals surface area contributed by atoms with Crippen molar-refractivity contribution < 1.29 is 22.8 Å². The van der Waals surface area contributed by atoms with E-state index < -0.39 is 11.1 Å². The Labute approximate surface area is 211 Å². The highest BCUT2D eigenvalue weighted by Gasteiger charge is 2.35. The van der Waals surface area contributed by atoms with Crippen molar-refractivity contribution in [2.75, 3.05) is 32.0 Å². The molecule has 1 atom stereocenters. The number of alkyl halides is 3. The first-order chi connectivity index (χ1) is 17.2. The molecule has 3 aromatic rings. The molecule has 1 aliphatic carbocycles. The molecule has 1 N–H and O–H groups in total. The first kappa shape index (κ1) is 24.5. The summed E-state index contributed by atoms with van der Waals surface area (Å²) < 4.78 is 40.1. The molecule has 2 heterocycles. The van der Waals surface area contributed by atoms with Crippen LogP contribution < -0.4 is 5.32 Å². The third-order valence-electron chi connectivity index (χ3n) is 6.65. The van der Waals surface area contributed by atoms with E-state index in [1.807, 2.05) is 37.4 Å². The van der Waals surface area contributed by atoms with E-state index in [1.54, 1.807) is 23.1 Å². The van der Waals surface area contributed by atoms with Crippen molar-refractivity contribution in [1.82, 2.24) is 9.80 Å². The van der Waals surface area contributed by atoms with Crippen LogP contribution in [0.1, 0.15) is 39.7 Å². The highest BCUT2D eigenvalue weighted by molar-refractivity contribution is 7.15. The minimum Gasteiger partial charge on any atom is -0.329 e. The van der Waals surface area contributed by atoms with Crippen LogP contribution in [0.2, 0.25) is 0 Å². The summed E-state index contributed by atoms with van der Waals surface area (Å²) in [6.07, 6.45) is -2.81. The van der Waals surface area contributed by atoms with Crippen molar-refractivity contribution in [1.29, 1.82) is 0 Å². The number of halogens is 3. The van der Waals surface area contributed by atoms with Gasteiger partial charge in [-0.2, -0.15) is 13.2 Å². The smallest absolute Gasteiger partial charge is 0.329 e. The molecule has 2 aromatic carbocycles. The Morgan fingerprint density at radius 3 is 2.42 bits per heavy atom. The van der Waals surface area contributed by atoms with E-state index in [4.69, 9.17) is 0 Å². The SMILES string of the molecule is CN1CCN(C(=O)c2ccc(NC(=O)C3CC3)cc2-c2ccc(C(F)(F)F)s2)[C@@H](c2ccccc2)C1. The summed E-state index contributed by atoms with van der Waals surface area (Å²) in [6.45, 7) is 1.84. The summed E-state index contributed by atoms with van der Waals surface area (Å²) in [6, 6.07) is 16.9. The molecule has 0 spiro atoms. The number of nitrogens with zero attached hydrogens (tertiary/aromatic N) is 2. The van der Waals surface area contributed by atoms with Gasteiger partial charge in [-0.1, -0.05) is 30.3 Å². The van der Waals surface area contributed by atoms with E-state index in [2.05, 4.69) is 10.2 Å². The molecular formula is C27H26F3N3O2S. The fourth-order valence-electron chi connectivity index (χ4n) is 4.51. The van der Waals surface area contributed by atoms with Crippen LogP contribution in [0.5, 0.6) is 0 Å². The number of amides is 2. The number of nitrogens with one attached hydrogen (secondary N) is 1. The number of hydrogen-bond acceptors (Lipinski definition) is 4. The molecule has 2 amide bonds. The highest BCUT2D eigenvalue weighted by atomic mass is 32.1. The predicted octanol–water partition coefficient (Wildman–Crippen LogP) is 5.91. The topological polar surface area (TPSA) is 52.6 Å².